The van der Waals surface area contributed by atoms with Crippen molar-refractivity contribution in [3.05, 3.63) is 58.2 Å². The van der Waals surface area contributed by atoms with Crippen molar-refractivity contribution in [2.75, 3.05) is 6.54 Å². The van der Waals surface area contributed by atoms with Crippen molar-refractivity contribution < 1.29 is 4.42 Å². The predicted octanol–water partition coefficient (Wildman–Crippen LogP) is 3.41. The van der Waals surface area contributed by atoms with Gasteiger partial charge in [0, 0.05) is 36.7 Å². The van der Waals surface area contributed by atoms with E-state index in [1.807, 2.05) is 16.8 Å². The first-order chi connectivity index (χ1) is 13.8. The molecule has 1 atom stereocenters. The van der Waals surface area contributed by atoms with Crippen LogP contribution in [0.5, 0.6) is 0 Å². The zero-order valence-corrected chi connectivity index (χ0v) is 19.7. The van der Waals surface area contributed by atoms with Gasteiger partial charge in [-0.05, 0) is 30.0 Å². The van der Waals surface area contributed by atoms with Crippen molar-refractivity contribution in [3.8, 4) is 0 Å². The van der Waals surface area contributed by atoms with Crippen LogP contribution in [0, 0.1) is 0 Å². The zero-order valence-electron chi connectivity index (χ0n) is 16.5. The van der Waals surface area contributed by atoms with E-state index in [1.165, 1.54) is 4.88 Å². The third-order valence-corrected chi connectivity index (χ3v) is 5.64. The molecule has 0 aliphatic carbocycles. The van der Waals surface area contributed by atoms with E-state index in [2.05, 4.69) is 45.2 Å². The van der Waals surface area contributed by atoms with Crippen LogP contribution in [0.3, 0.4) is 0 Å². The number of aryl methyl sites for hydroxylation is 2. The minimum atomic E-state index is 0. The SMILES string of the molecule is CCc1nc2n(n1)CC(NC(=NCc1cccs1)NCCc1ccco1)CC2.I. The van der Waals surface area contributed by atoms with Crippen LogP contribution in [0.4, 0.5) is 0 Å². The molecule has 9 heteroatoms. The zero-order chi connectivity index (χ0) is 19.2. The molecule has 0 saturated heterocycles. The van der Waals surface area contributed by atoms with E-state index < -0.39 is 0 Å². The van der Waals surface area contributed by atoms with Gasteiger partial charge in [0.1, 0.15) is 11.6 Å². The summed E-state index contributed by atoms with van der Waals surface area (Å²) in [5.41, 5.74) is 0. The maximum atomic E-state index is 5.42. The lowest BCUT2D eigenvalue weighted by molar-refractivity contribution is 0.391. The van der Waals surface area contributed by atoms with Crippen LogP contribution >= 0.6 is 35.3 Å². The van der Waals surface area contributed by atoms with Crippen LogP contribution in [0.1, 0.15) is 35.6 Å². The molecule has 1 aliphatic rings. The smallest absolute Gasteiger partial charge is 0.191 e. The number of aliphatic imine (C=N–C) groups is 1. The highest BCUT2D eigenvalue weighted by Gasteiger charge is 2.22. The molecule has 4 heterocycles. The second-order valence-electron chi connectivity index (χ2n) is 6.86. The van der Waals surface area contributed by atoms with Crippen molar-refractivity contribution in [1.29, 1.82) is 0 Å². The summed E-state index contributed by atoms with van der Waals surface area (Å²) in [6, 6.07) is 8.38. The van der Waals surface area contributed by atoms with Crippen LogP contribution < -0.4 is 10.6 Å². The summed E-state index contributed by atoms with van der Waals surface area (Å²) in [7, 11) is 0. The van der Waals surface area contributed by atoms with Crippen LogP contribution in [0.2, 0.25) is 0 Å². The predicted molar refractivity (Wildman–Crippen MR) is 126 cm³/mol. The molecule has 2 N–H and O–H groups in total. The van der Waals surface area contributed by atoms with Gasteiger partial charge in [0.2, 0.25) is 0 Å². The van der Waals surface area contributed by atoms with Crippen molar-refractivity contribution >= 4 is 41.3 Å². The molecule has 0 saturated carbocycles. The number of hydrogen-bond donors (Lipinski definition) is 2. The number of furan rings is 1. The van der Waals surface area contributed by atoms with Gasteiger partial charge in [0.25, 0.3) is 0 Å². The molecule has 1 aliphatic heterocycles. The van der Waals surface area contributed by atoms with E-state index in [4.69, 9.17) is 9.41 Å². The van der Waals surface area contributed by atoms with Crippen LogP contribution in [-0.4, -0.2) is 33.3 Å². The Kier molecular flexibility index (Phi) is 8.10. The molecule has 0 fully saturated rings. The van der Waals surface area contributed by atoms with Gasteiger partial charge >= 0.3 is 0 Å². The number of guanidine groups is 1. The van der Waals surface area contributed by atoms with Crippen molar-refractivity contribution in [1.82, 2.24) is 25.4 Å². The molecule has 7 nitrogen and oxygen atoms in total. The van der Waals surface area contributed by atoms with Gasteiger partial charge < -0.3 is 15.1 Å². The number of hydrogen-bond acceptors (Lipinski definition) is 5. The summed E-state index contributed by atoms with van der Waals surface area (Å²) in [5.74, 6) is 3.84. The molecular weight excluding hydrogens is 499 g/mol. The van der Waals surface area contributed by atoms with Gasteiger partial charge in [-0.3, -0.25) is 0 Å². The second-order valence-corrected chi connectivity index (χ2v) is 7.89. The van der Waals surface area contributed by atoms with E-state index in [-0.39, 0.29) is 30.0 Å². The summed E-state index contributed by atoms with van der Waals surface area (Å²) in [6.45, 7) is 4.36. The maximum absolute atomic E-state index is 5.42. The van der Waals surface area contributed by atoms with E-state index in [0.29, 0.717) is 6.54 Å². The Hall–Kier alpha value is -1.88. The summed E-state index contributed by atoms with van der Waals surface area (Å²) >= 11 is 1.73. The number of rotatable bonds is 7. The quantitative estimate of drug-likeness (QED) is 0.280. The Morgan fingerprint density at radius 2 is 2.31 bits per heavy atom. The molecule has 156 valence electrons. The normalized spacial score (nSPS) is 16.2. The Morgan fingerprint density at radius 1 is 1.38 bits per heavy atom. The van der Waals surface area contributed by atoms with Crippen LogP contribution in [-0.2, 0) is 32.4 Å². The van der Waals surface area contributed by atoms with Gasteiger partial charge in [-0.15, -0.1) is 35.3 Å². The maximum Gasteiger partial charge on any atom is 0.191 e. The Balaban J connectivity index is 0.00000240. The lowest BCUT2D eigenvalue weighted by atomic mass is 10.1. The fraction of sp³-hybridized carbons (Fsp3) is 0.450. The third-order valence-electron chi connectivity index (χ3n) is 4.78. The minimum absolute atomic E-state index is 0. The van der Waals surface area contributed by atoms with Crippen molar-refractivity contribution in [2.45, 2.75) is 51.7 Å². The minimum Gasteiger partial charge on any atom is -0.469 e. The van der Waals surface area contributed by atoms with Gasteiger partial charge in [-0.25, -0.2) is 14.7 Å². The van der Waals surface area contributed by atoms with E-state index in [1.54, 1.807) is 17.6 Å². The van der Waals surface area contributed by atoms with Crippen molar-refractivity contribution in [3.63, 3.8) is 0 Å². The number of nitrogens with one attached hydrogen (secondary N) is 2. The molecule has 3 aromatic heterocycles. The monoisotopic (exact) mass is 526 g/mol. The van der Waals surface area contributed by atoms with Gasteiger partial charge in [0.05, 0.1) is 19.4 Å². The molecule has 4 rings (SSSR count). The number of aromatic nitrogens is 3. The summed E-state index contributed by atoms with van der Waals surface area (Å²) in [5, 5.41) is 13.7. The molecular formula is C20H27IN6OS. The van der Waals surface area contributed by atoms with Crippen LogP contribution in [0.15, 0.2) is 45.3 Å². The van der Waals surface area contributed by atoms with E-state index >= 15 is 0 Å². The molecule has 3 aromatic rings. The Labute approximate surface area is 192 Å². The van der Waals surface area contributed by atoms with Gasteiger partial charge in [-0.2, -0.15) is 5.10 Å². The summed E-state index contributed by atoms with van der Waals surface area (Å²) < 4.78 is 7.46. The first kappa shape index (κ1) is 21.8. The molecule has 0 bridgehead atoms. The number of halogens is 1. The molecule has 0 spiro atoms. The summed E-state index contributed by atoms with van der Waals surface area (Å²) in [4.78, 5) is 10.6. The topological polar surface area (TPSA) is 80.3 Å². The number of thiophene rings is 1. The molecule has 0 radical (unpaired) electrons. The Morgan fingerprint density at radius 3 is 3.07 bits per heavy atom. The molecule has 0 aromatic carbocycles. The average Bonchev–Trinajstić information content (AvgIpc) is 3.46. The highest BCUT2D eigenvalue weighted by atomic mass is 127. The lowest BCUT2D eigenvalue weighted by Crippen LogP contribution is -2.47. The fourth-order valence-corrected chi connectivity index (χ4v) is 3.92. The molecule has 1 unspecified atom stereocenters. The largest absolute Gasteiger partial charge is 0.469 e. The first-order valence-electron chi connectivity index (χ1n) is 9.82. The van der Waals surface area contributed by atoms with Gasteiger partial charge in [0.15, 0.2) is 11.8 Å². The Bertz CT molecular complexity index is 890. The standard InChI is InChI=1S/C20H26N6OS.HI/c1-2-18-24-19-8-7-15(14-26(19)25-18)23-20(22-13-17-6-4-12-28-17)21-10-9-16-5-3-11-27-16;/h3-6,11-12,15H,2,7-10,13-14H2,1H3,(H2,21,22,23);1H. The van der Waals surface area contributed by atoms with E-state index in [0.717, 1.165) is 62.1 Å². The highest BCUT2D eigenvalue weighted by molar-refractivity contribution is 14.0. The number of nitrogens with zero attached hydrogens (tertiary/aromatic N) is 4. The molecule has 0 amide bonds. The van der Waals surface area contributed by atoms with Gasteiger partial charge in [-0.1, -0.05) is 13.0 Å². The fourth-order valence-electron chi connectivity index (χ4n) is 3.29. The average molecular weight is 526 g/mol. The summed E-state index contributed by atoms with van der Waals surface area (Å²) in [6.07, 6.45) is 5.38. The first-order valence-corrected chi connectivity index (χ1v) is 10.7. The van der Waals surface area contributed by atoms with Crippen molar-refractivity contribution in [2.24, 2.45) is 4.99 Å². The van der Waals surface area contributed by atoms with E-state index in [9.17, 15) is 0 Å². The molecule has 29 heavy (non-hydrogen) atoms. The number of fused-ring (bicyclic) bond motifs is 1. The highest BCUT2D eigenvalue weighted by Crippen LogP contribution is 2.14. The third kappa shape index (κ3) is 6.05. The second kappa shape index (κ2) is 10.8. The van der Waals surface area contributed by atoms with Crippen LogP contribution in [0.25, 0.3) is 0 Å². The lowest BCUT2D eigenvalue weighted by Gasteiger charge is -2.25.